The van der Waals surface area contributed by atoms with Gasteiger partial charge in [0, 0.05) is 7.05 Å². The zero-order valence-corrected chi connectivity index (χ0v) is 11.1. The fraction of sp³-hybridized carbons (Fsp3) is 0.231. The van der Waals surface area contributed by atoms with E-state index >= 15 is 0 Å². The molecule has 0 saturated carbocycles. The highest BCUT2D eigenvalue weighted by molar-refractivity contribution is 5.80. The van der Waals surface area contributed by atoms with E-state index in [1.165, 1.54) is 0 Å². The molecule has 0 unspecified atom stereocenters. The Morgan fingerprint density at radius 3 is 2.53 bits per heavy atom. The van der Waals surface area contributed by atoms with Gasteiger partial charge in [-0.25, -0.2) is 9.67 Å². The summed E-state index contributed by atoms with van der Waals surface area (Å²) in [5.74, 6) is 1.26. The molecule has 0 bridgehead atoms. The van der Waals surface area contributed by atoms with Crippen molar-refractivity contribution in [3.63, 3.8) is 0 Å². The van der Waals surface area contributed by atoms with Crippen LogP contribution in [-0.2, 0) is 7.05 Å². The normalized spacial score (nSPS) is 11.1. The molecule has 1 aromatic carbocycles. The summed E-state index contributed by atoms with van der Waals surface area (Å²) in [4.78, 5) is 4.38. The summed E-state index contributed by atoms with van der Waals surface area (Å²) in [7, 11) is 3.53. The maximum absolute atomic E-state index is 6.02. The molecule has 0 spiro atoms. The summed E-state index contributed by atoms with van der Waals surface area (Å²) in [6.07, 6.45) is 0. The van der Waals surface area contributed by atoms with Crippen molar-refractivity contribution in [2.45, 2.75) is 6.92 Å². The second kappa shape index (κ2) is 4.01. The van der Waals surface area contributed by atoms with Crippen molar-refractivity contribution in [2.24, 2.45) is 7.05 Å². The van der Waals surface area contributed by atoms with Gasteiger partial charge >= 0.3 is 0 Å². The smallest absolute Gasteiger partial charge is 0.207 e. The Labute approximate surface area is 110 Å². The maximum atomic E-state index is 6.02. The van der Waals surface area contributed by atoms with E-state index in [9.17, 15) is 0 Å². The van der Waals surface area contributed by atoms with Gasteiger partial charge in [0.05, 0.1) is 18.5 Å². The van der Waals surface area contributed by atoms with Crippen LogP contribution < -0.4 is 10.5 Å². The standard InChI is InChI=1S/C13H15N5O/c1-8-11-12(17(2)16-8)18(13(14)15-11)9-4-6-10(19-3)7-5-9/h4-7H,1-3H3,(H2,14,15). The number of aryl methyl sites for hydroxylation is 2. The summed E-state index contributed by atoms with van der Waals surface area (Å²) >= 11 is 0. The van der Waals surface area contributed by atoms with Gasteiger partial charge in [0.1, 0.15) is 11.3 Å². The Hall–Kier alpha value is -2.50. The predicted molar refractivity (Wildman–Crippen MR) is 73.5 cm³/mol. The second-order valence-corrected chi connectivity index (χ2v) is 4.38. The molecular formula is C13H15N5O. The van der Waals surface area contributed by atoms with Gasteiger partial charge in [-0.3, -0.25) is 4.57 Å². The van der Waals surface area contributed by atoms with Crippen LogP contribution >= 0.6 is 0 Å². The van der Waals surface area contributed by atoms with E-state index in [0.717, 1.165) is 28.3 Å². The van der Waals surface area contributed by atoms with Gasteiger partial charge in [0.25, 0.3) is 0 Å². The van der Waals surface area contributed by atoms with E-state index in [1.54, 1.807) is 11.8 Å². The number of methoxy groups -OCH3 is 1. The lowest BCUT2D eigenvalue weighted by Gasteiger charge is -2.07. The summed E-state index contributed by atoms with van der Waals surface area (Å²) in [5.41, 5.74) is 9.54. The molecule has 19 heavy (non-hydrogen) atoms. The molecule has 0 radical (unpaired) electrons. The highest BCUT2D eigenvalue weighted by Gasteiger charge is 2.16. The summed E-state index contributed by atoms with van der Waals surface area (Å²) in [6.45, 7) is 1.92. The number of aromatic nitrogens is 4. The monoisotopic (exact) mass is 257 g/mol. The van der Waals surface area contributed by atoms with Crippen molar-refractivity contribution in [2.75, 3.05) is 12.8 Å². The predicted octanol–water partition coefficient (Wildman–Crippen LogP) is 1.66. The molecule has 98 valence electrons. The summed E-state index contributed by atoms with van der Waals surface area (Å²) in [5, 5.41) is 4.36. The molecule has 2 N–H and O–H groups in total. The molecule has 0 fully saturated rings. The van der Waals surface area contributed by atoms with E-state index in [-0.39, 0.29) is 0 Å². The third-order valence-electron chi connectivity index (χ3n) is 3.16. The fourth-order valence-corrected chi connectivity index (χ4v) is 2.28. The number of nitrogens with zero attached hydrogens (tertiary/aromatic N) is 4. The number of benzene rings is 1. The van der Waals surface area contributed by atoms with Crippen molar-refractivity contribution in [3.05, 3.63) is 30.0 Å². The molecule has 3 rings (SSSR count). The van der Waals surface area contributed by atoms with E-state index in [0.29, 0.717) is 5.95 Å². The molecule has 0 saturated heterocycles. The zero-order chi connectivity index (χ0) is 13.6. The van der Waals surface area contributed by atoms with Gasteiger partial charge in [0.15, 0.2) is 5.65 Å². The Bertz CT molecular complexity index is 739. The lowest BCUT2D eigenvalue weighted by atomic mass is 10.3. The highest BCUT2D eigenvalue weighted by Crippen LogP contribution is 2.25. The molecule has 0 aliphatic rings. The molecule has 6 nitrogen and oxygen atoms in total. The Morgan fingerprint density at radius 2 is 1.89 bits per heavy atom. The van der Waals surface area contributed by atoms with Crippen molar-refractivity contribution < 1.29 is 4.74 Å². The highest BCUT2D eigenvalue weighted by atomic mass is 16.5. The van der Waals surface area contributed by atoms with Gasteiger partial charge in [-0.15, -0.1) is 0 Å². The molecule has 2 aromatic heterocycles. The topological polar surface area (TPSA) is 70.9 Å². The average molecular weight is 257 g/mol. The number of fused-ring (bicyclic) bond motifs is 1. The zero-order valence-electron chi connectivity index (χ0n) is 11.1. The van der Waals surface area contributed by atoms with Gasteiger partial charge in [-0.1, -0.05) is 0 Å². The van der Waals surface area contributed by atoms with Crippen LogP contribution in [0.1, 0.15) is 5.69 Å². The maximum Gasteiger partial charge on any atom is 0.207 e. The largest absolute Gasteiger partial charge is 0.497 e. The second-order valence-electron chi connectivity index (χ2n) is 4.38. The van der Waals surface area contributed by atoms with E-state index in [4.69, 9.17) is 10.5 Å². The summed E-state index contributed by atoms with van der Waals surface area (Å²) < 4.78 is 8.83. The molecule has 3 aromatic rings. The number of imidazole rings is 1. The first-order valence-corrected chi connectivity index (χ1v) is 5.93. The number of nitrogen functional groups attached to an aromatic ring is 1. The first-order valence-electron chi connectivity index (χ1n) is 5.93. The van der Waals surface area contributed by atoms with Crippen LogP contribution in [0.3, 0.4) is 0 Å². The van der Waals surface area contributed by atoms with Gasteiger partial charge in [-0.2, -0.15) is 5.10 Å². The van der Waals surface area contributed by atoms with Crippen LogP contribution in [0.5, 0.6) is 5.75 Å². The van der Waals surface area contributed by atoms with Crippen molar-refractivity contribution in [1.29, 1.82) is 0 Å². The van der Waals surface area contributed by atoms with Crippen molar-refractivity contribution in [1.82, 2.24) is 19.3 Å². The van der Waals surface area contributed by atoms with Crippen LogP contribution in [0.2, 0.25) is 0 Å². The molecule has 2 heterocycles. The van der Waals surface area contributed by atoms with E-state index in [1.807, 2.05) is 42.8 Å². The number of rotatable bonds is 2. The molecular weight excluding hydrogens is 242 g/mol. The fourth-order valence-electron chi connectivity index (χ4n) is 2.28. The SMILES string of the molecule is COc1ccc(-n2c(N)nc3c(C)nn(C)c32)cc1. The minimum absolute atomic E-state index is 0.455. The molecule has 6 heteroatoms. The number of anilines is 1. The Morgan fingerprint density at radius 1 is 1.21 bits per heavy atom. The van der Waals surface area contributed by atoms with Crippen LogP contribution in [0.25, 0.3) is 16.9 Å². The Balaban J connectivity index is 2.25. The number of ether oxygens (including phenoxy) is 1. The van der Waals surface area contributed by atoms with Gasteiger partial charge < -0.3 is 10.5 Å². The Kier molecular flexibility index (Phi) is 2.45. The van der Waals surface area contributed by atoms with Crippen molar-refractivity contribution in [3.8, 4) is 11.4 Å². The van der Waals surface area contributed by atoms with Gasteiger partial charge in [-0.05, 0) is 31.2 Å². The third-order valence-corrected chi connectivity index (χ3v) is 3.16. The number of hydrogen-bond donors (Lipinski definition) is 1. The van der Waals surface area contributed by atoms with E-state index in [2.05, 4.69) is 10.1 Å². The van der Waals surface area contributed by atoms with E-state index < -0.39 is 0 Å². The molecule has 0 amide bonds. The molecule has 0 atom stereocenters. The summed E-state index contributed by atoms with van der Waals surface area (Å²) in [6, 6.07) is 7.67. The molecule has 0 aliphatic heterocycles. The lowest BCUT2D eigenvalue weighted by molar-refractivity contribution is 0.415. The minimum atomic E-state index is 0.455. The minimum Gasteiger partial charge on any atom is -0.497 e. The van der Waals surface area contributed by atoms with Gasteiger partial charge in [0.2, 0.25) is 5.95 Å². The van der Waals surface area contributed by atoms with Crippen LogP contribution in [0.4, 0.5) is 5.95 Å². The first-order chi connectivity index (χ1) is 9.11. The van der Waals surface area contributed by atoms with Crippen molar-refractivity contribution >= 4 is 17.1 Å². The number of nitrogens with two attached hydrogens (primary N) is 1. The first kappa shape index (κ1) is 11.6. The van der Waals surface area contributed by atoms with Crippen LogP contribution in [0, 0.1) is 6.92 Å². The molecule has 0 aliphatic carbocycles. The quantitative estimate of drug-likeness (QED) is 0.758. The van der Waals surface area contributed by atoms with Crippen LogP contribution in [0.15, 0.2) is 24.3 Å². The average Bonchev–Trinajstić information content (AvgIpc) is 2.88. The number of hydrogen-bond acceptors (Lipinski definition) is 4. The third kappa shape index (κ3) is 1.64. The lowest BCUT2D eigenvalue weighted by Crippen LogP contribution is -2.04. The van der Waals surface area contributed by atoms with Crippen LogP contribution in [-0.4, -0.2) is 26.4 Å².